The van der Waals surface area contributed by atoms with Gasteiger partial charge >= 0.3 is 6.03 Å². The molecule has 0 bridgehead atoms. The number of hydrogen-bond donors (Lipinski definition) is 4. The fraction of sp³-hybridized carbons (Fsp3) is 0.130. The number of nitrogens with one attached hydrogen (secondary N) is 3. The molecule has 0 spiro atoms. The van der Waals surface area contributed by atoms with Gasteiger partial charge in [-0.3, -0.25) is 9.48 Å². The fourth-order valence-corrected chi connectivity index (χ4v) is 3.40. The van der Waals surface area contributed by atoms with E-state index in [0.29, 0.717) is 45.6 Å². The van der Waals surface area contributed by atoms with Crippen molar-refractivity contribution in [2.24, 2.45) is 0 Å². The van der Waals surface area contributed by atoms with Crippen molar-refractivity contribution in [2.75, 3.05) is 22.6 Å². The van der Waals surface area contributed by atoms with Crippen LogP contribution in [0.2, 0.25) is 5.02 Å². The Kier molecular flexibility index (Phi) is 6.90. The average molecular weight is 480 g/mol. The monoisotopic (exact) mass is 479 g/mol. The molecule has 4 rings (SSSR count). The van der Waals surface area contributed by atoms with E-state index in [9.17, 15) is 9.59 Å². The number of anilines is 3. The topological polar surface area (TPSA) is 126 Å². The van der Waals surface area contributed by atoms with E-state index in [2.05, 4.69) is 26.1 Å². The summed E-state index contributed by atoms with van der Waals surface area (Å²) in [6, 6.07) is 13.4. The van der Waals surface area contributed by atoms with Crippen LogP contribution in [0.4, 0.5) is 21.9 Å². The number of amides is 3. The molecule has 2 aromatic carbocycles. The SMILES string of the molecule is Cc1nn(CCO)cc1NC(=O)c1cccc(-n2cc(NC(=O)Nc3ccccc3Cl)cn2)c1. The number of carbonyl (C=O) groups is 2. The summed E-state index contributed by atoms with van der Waals surface area (Å²) in [6.45, 7) is 2.08. The normalized spacial score (nSPS) is 10.7. The Bertz CT molecular complexity index is 1330. The average Bonchev–Trinajstić information content (AvgIpc) is 3.42. The fourth-order valence-electron chi connectivity index (χ4n) is 3.22. The van der Waals surface area contributed by atoms with Gasteiger partial charge in [0.05, 0.1) is 59.0 Å². The molecule has 0 aliphatic rings. The molecular weight excluding hydrogens is 458 g/mol. The first-order valence-electron chi connectivity index (χ1n) is 10.4. The molecule has 0 aliphatic heterocycles. The standard InChI is InChI=1S/C23H22ClN7O3/c1-15-21(14-30(29-15)9-10-32)27-22(33)16-5-4-6-18(11-16)31-13-17(12-25-31)26-23(34)28-20-8-3-2-7-19(20)24/h2-8,11-14,32H,9-10H2,1H3,(H,27,33)(H2,26,28,34). The van der Waals surface area contributed by atoms with Crippen LogP contribution in [0.5, 0.6) is 0 Å². The van der Waals surface area contributed by atoms with Crippen molar-refractivity contribution >= 4 is 40.6 Å². The van der Waals surface area contributed by atoms with Crippen molar-refractivity contribution in [3.63, 3.8) is 0 Å². The Morgan fingerprint density at radius 3 is 2.65 bits per heavy atom. The first-order chi connectivity index (χ1) is 16.4. The highest BCUT2D eigenvalue weighted by molar-refractivity contribution is 6.33. The van der Waals surface area contributed by atoms with E-state index in [0.717, 1.165) is 0 Å². The summed E-state index contributed by atoms with van der Waals surface area (Å²) >= 11 is 6.06. The molecule has 11 heteroatoms. The number of benzene rings is 2. The Morgan fingerprint density at radius 2 is 1.85 bits per heavy atom. The summed E-state index contributed by atoms with van der Waals surface area (Å²) in [7, 11) is 0. The van der Waals surface area contributed by atoms with E-state index < -0.39 is 6.03 Å². The molecule has 0 radical (unpaired) electrons. The number of aliphatic hydroxyl groups is 1. The summed E-state index contributed by atoms with van der Waals surface area (Å²) in [5.41, 5.74) is 3.24. The number of aliphatic hydroxyl groups excluding tert-OH is 1. The maximum atomic E-state index is 12.8. The third kappa shape index (κ3) is 5.42. The van der Waals surface area contributed by atoms with Crippen molar-refractivity contribution in [1.29, 1.82) is 0 Å². The maximum absolute atomic E-state index is 12.8. The van der Waals surface area contributed by atoms with Crippen molar-refractivity contribution in [3.05, 3.63) is 83.4 Å². The first-order valence-corrected chi connectivity index (χ1v) is 10.7. The van der Waals surface area contributed by atoms with Gasteiger partial charge in [0, 0.05) is 11.8 Å². The third-order valence-electron chi connectivity index (χ3n) is 4.86. The molecule has 34 heavy (non-hydrogen) atoms. The number of urea groups is 1. The second kappa shape index (κ2) is 10.2. The van der Waals surface area contributed by atoms with Gasteiger partial charge in [-0.25, -0.2) is 9.48 Å². The highest BCUT2D eigenvalue weighted by Crippen LogP contribution is 2.21. The number of para-hydroxylation sites is 1. The van der Waals surface area contributed by atoms with E-state index in [1.54, 1.807) is 77.2 Å². The van der Waals surface area contributed by atoms with Crippen LogP contribution in [0.15, 0.2) is 67.1 Å². The van der Waals surface area contributed by atoms with Crippen molar-refractivity contribution in [2.45, 2.75) is 13.5 Å². The Balaban J connectivity index is 1.43. The molecule has 2 heterocycles. The molecule has 4 aromatic rings. The maximum Gasteiger partial charge on any atom is 0.323 e. The first kappa shape index (κ1) is 23.0. The number of aromatic nitrogens is 4. The lowest BCUT2D eigenvalue weighted by Crippen LogP contribution is -2.19. The van der Waals surface area contributed by atoms with Gasteiger partial charge in [0.25, 0.3) is 5.91 Å². The van der Waals surface area contributed by atoms with Crippen LogP contribution in [-0.4, -0.2) is 43.2 Å². The van der Waals surface area contributed by atoms with Crippen molar-refractivity contribution < 1.29 is 14.7 Å². The second-order valence-corrected chi connectivity index (χ2v) is 7.76. The van der Waals surface area contributed by atoms with Gasteiger partial charge in [-0.05, 0) is 37.3 Å². The van der Waals surface area contributed by atoms with Gasteiger partial charge in [0.15, 0.2) is 0 Å². The molecule has 0 fully saturated rings. The minimum atomic E-state index is -0.460. The van der Waals surface area contributed by atoms with Crippen LogP contribution >= 0.6 is 11.6 Å². The zero-order valence-electron chi connectivity index (χ0n) is 18.2. The number of nitrogens with zero attached hydrogens (tertiary/aromatic N) is 4. The summed E-state index contributed by atoms with van der Waals surface area (Å²) in [5.74, 6) is -0.307. The Morgan fingerprint density at radius 1 is 1.03 bits per heavy atom. The number of halogens is 1. The summed E-state index contributed by atoms with van der Waals surface area (Å²) in [5, 5.41) is 26.2. The molecule has 3 amide bonds. The highest BCUT2D eigenvalue weighted by Gasteiger charge is 2.13. The molecule has 4 N–H and O–H groups in total. The van der Waals surface area contributed by atoms with Crippen LogP contribution in [0.25, 0.3) is 5.69 Å². The molecule has 0 atom stereocenters. The highest BCUT2D eigenvalue weighted by atomic mass is 35.5. The molecule has 10 nitrogen and oxygen atoms in total. The third-order valence-corrected chi connectivity index (χ3v) is 5.19. The summed E-state index contributed by atoms with van der Waals surface area (Å²) < 4.78 is 3.12. The van der Waals surface area contributed by atoms with Crippen LogP contribution in [-0.2, 0) is 6.54 Å². The van der Waals surface area contributed by atoms with E-state index in [1.807, 2.05) is 0 Å². The lowest BCUT2D eigenvalue weighted by Gasteiger charge is -2.07. The zero-order chi connectivity index (χ0) is 24.1. The summed E-state index contributed by atoms with van der Waals surface area (Å²) in [6.07, 6.45) is 4.80. The van der Waals surface area contributed by atoms with E-state index in [1.165, 1.54) is 6.20 Å². The number of aryl methyl sites for hydroxylation is 1. The smallest absolute Gasteiger partial charge is 0.323 e. The van der Waals surface area contributed by atoms with E-state index in [-0.39, 0.29) is 12.5 Å². The Hall–Kier alpha value is -4.15. The van der Waals surface area contributed by atoms with Gasteiger partial charge < -0.3 is 21.1 Å². The Labute approximate surface area is 200 Å². The molecule has 0 saturated carbocycles. The van der Waals surface area contributed by atoms with Crippen LogP contribution < -0.4 is 16.0 Å². The molecule has 2 aromatic heterocycles. The van der Waals surface area contributed by atoms with Crippen molar-refractivity contribution in [1.82, 2.24) is 19.6 Å². The lowest BCUT2D eigenvalue weighted by molar-refractivity contribution is 0.102. The summed E-state index contributed by atoms with van der Waals surface area (Å²) in [4.78, 5) is 25.0. The second-order valence-electron chi connectivity index (χ2n) is 7.35. The minimum Gasteiger partial charge on any atom is -0.394 e. The van der Waals surface area contributed by atoms with Gasteiger partial charge in [0.2, 0.25) is 0 Å². The zero-order valence-corrected chi connectivity index (χ0v) is 19.0. The van der Waals surface area contributed by atoms with E-state index >= 15 is 0 Å². The predicted molar refractivity (Wildman–Crippen MR) is 130 cm³/mol. The van der Waals surface area contributed by atoms with Gasteiger partial charge in [-0.1, -0.05) is 29.8 Å². The quantitative estimate of drug-likeness (QED) is 0.319. The van der Waals surface area contributed by atoms with Gasteiger partial charge in [-0.15, -0.1) is 0 Å². The van der Waals surface area contributed by atoms with Crippen LogP contribution in [0.1, 0.15) is 16.1 Å². The predicted octanol–water partition coefficient (Wildman–Crippen LogP) is 3.92. The van der Waals surface area contributed by atoms with Crippen LogP contribution in [0, 0.1) is 6.92 Å². The lowest BCUT2D eigenvalue weighted by atomic mass is 10.2. The number of rotatable bonds is 7. The molecular formula is C23H22ClN7O3. The molecule has 0 unspecified atom stereocenters. The minimum absolute atomic E-state index is 0.0427. The van der Waals surface area contributed by atoms with Gasteiger partial charge in [0.1, 0.15) is 0 Å². The van der Waals surface area contributed by atoms with E-state index in [4.69, 9.17) is 16.7 Å². The van der Waals surface area contributed by atoms with Crippen molar-refractivity contribution in [3.8, 4) is 5.69 Å². The molecule has 0 saturated heterocycles. The van der Waals surface area contributed by atoms with Gasteiger partial charge in [-0.2, -0.15) is 10.2 Å². The molecule has 0 aliphatic carbocycles. The number of hydrogen-bond acceptors (Lipinski definition) is 5. The van der Waals surface area contributed by atoms with Crippen LogP contribution in [0.3, 0.4) is 0 Å². The number of carbonyl (C=O) groups excluding carboxylic acids is 2. The largest absolute Gasteiger partial charge is 0.394 e. The molecule has 174 valence electrons.